The fraction of sp³-hybridized carbons (Fsp3) is 0. The highest BCUT2D eigenvalue weighted by Gasteiger charge is 2.13. The van der Waals surface area contributed by atoms with Crippen molar-refractivity contribution in [1.82, 2.24) is 14.5 Å². The van der Waals surface area contributed by atoms with E-state index in [1.165, 1.54) is 43.8 Å². The Kier molecular flexibility index (Phi) is 5.82. The van der Waals surface area contributed by atoms with E-state index in [1.807, 2.05) is 18.2 Å². The first kappa shape index (κ1) is 25.4. The van der Waals surface area contributed by atoms with E-state index in [-0.39, 0.29) is 0 Å². The molecule has 0 atom stereocenters. The number of para-hydroxylation sites is 3. The molecular formula is C42H27N3. The summed E-state index contributed by atoms with van der Waals surface area (Å²) >= 11 is 0. The second-order valence-electron chi connectivity index (χ2n) is 11.5. The smallest absolute Gasteiger partial charge is 0.160 e. The zero-order chi connectivity index (χ0) is 29.7. The van der Waals surface area contributed by atoms with Crippen LogP contribution in [0.5, 0.6) is 0 Å². The van der Waals surface area contributed by atoms with Crippen LogP contribution in [0.4, 0.5) is 0 Å². The summed E-state index contributed by atoms with van der Waals surface area (Å²) in [6.45, 7) is 0. The van der Waals surface area contributed by atoms with Gasteiger partial charge in [-0.1, -0.05) is 127 Å². The van der Waals surface area contributed by atoms with Gasteiger partial charge < -0.3 is 4.57 Å². The lowest BCUT2D eigenvalue weighted by molar-refractivity contribution is 1.19. The molecule has 9 rings (SSSR count). The van der Waals surface area contributed by atoms with Gasteiger partial charge in [-0.05, 0) is 58.3 Å². The van der Waals surface area contributed by atoms with Crippen molar-refractivity contribution in [3.8, 4) is 39.5 Å². The molecule has 0 fully saturated rings. The van der Waals surface area contributed by atoms with Crippen LogP contribution in [0.2, 0.25) is 0 Å². The summed E-state index contributed by atoms with van der Waals surface area (Å²) in [5.74, 6) is 0.732. The summed E-state index contributed by atoms with van der Waals surface area (Å²) in [6.07, 6.45) is 0. The number of aromatic nitrogens is 3. The first-order valence-electron chi connectivity index (χ1n) is 15.3. The Hall–Kier alpha value is -6.06. The second kappa shape index (κ2) is 10.3. The summed E-state index contributed by atoms with van der Waals surface area (Å²) in [4.78, 5) is 9.97. The summed E-state index contributed by atoms with van der Waals surface area (Å²) in [7, 11) is 0. The number of fused-ring (bicyclic) bond motifs is 5. The molecule has 3 heteroatoms. The van der Waals surface area contributed by atoms with Gasteiger partial charge in [-0.2, -0.15) is 0 Å². The number of hydrogen-bond donors (Lipinski definition) is 0. The Morgan fingerprint density at radius 2 is 0.956 bits per heavy atom. The normalized spacial score (nSPS) is 11.6. The largest absolute Gasteiger partial charge is 0.309 e. The molecule has 0 bridgehead atoms. The fourth-order valence-electron chi connectivity index (χ4n) is 6.59. The Bertz CT molecular complexity index is 2470. The van der Waals surface area contributed by atoms with Crippen molar-refractivity contribution < 1.29 is 0 Å². The molecule has 0 saturated heterocycles. The zero-order valence-electron chi connectivity index (χ0n) is 24.4. The maximum Gasteiger partial charge on any atom is 0.160 e. The standard InChI is InChI=1S/C42H27N3/c1-2-10-29(11-3-1)41-37-14-4-7-15-38(37)43-42(44-41)30-20-18-28(19-21-30)31-22-23-33-27-34(25-24-32(33)26-31)45-39-16-8-5-12-35(39)36-13-6-9-17-40(36)45/h1-27H. The minimum Gasteiger partial charge on any atom is -0.309 e. The molecular weight excluding hydrogens is 546 g/mol. The summed E-state index contributed by atoms with van der Waals surface area (Å²) in [5.41, 5.74) is 9.95. The van der Waals surface area contributed by atoms with Crippen LogP contribution in [0, 0.1) is 0 Å². The van der Waals surface area contributed by atoms with Crippen molar-refractivity contribution in [1.29, 1.82) is 0 Å². The van der Waals surface area contributed by atoms with Crippen LogP contribution >= 0.6 is 0 Å². The molecule has 0 amide bonds. The molecule has 0 aliphatic carbocycles. The van der Waals surface area contributed by atoms with Gasteiger partial charge in [0, 0.05) is 33.0 Å². The molecule has 3 nitrogen and oxygen atoms in total. The maximum absolute atomic E-state index is 5.04. The van der Waals surface area contributed by atoms with Gasteiger partial charge in [-0.15, -0.1) is 0 Å². The van der Waals surface area contributed by atoms with Crippen molar-refractivity contribution in [2.75, 3.05) is 0 Å². The number of nitrogens with zero attached hydrogens (tertiary/aromatic N) is 3. The van der Waals surface area contributed by atoms with E-state index in [9.17, 15) is 0 Å². The van der Waals surface area contributed by atoms with Crippen LogP contribution in [0.25, 0.3) is 82.9 Å². The number of rotatable bonds is 4. The zero-order valence-corrected chi connectivity index (χ0v) is 24.4. The quantitative estimate of drug-likeness (QED) is 0.210. The molecule has 0 aliphatic heterocycles. The first-order valence-corrected chi connectivity index (χ1v) is 15.3. The van der Waals surface area contributed by atoms with E-state index < -0.39 is 0 Å². The average molecular weight is 574 g/mol. The van der Waals surface area contributed by atoms with Gasteiger partial charge in [0.05, 0.1) is 22.2 Å². The summed E-state index contributed by atoms with van der Waals surface area (Å²) in [6, 6.07) is 57.9. The van der Waals surface area contributed by atoms with E-state index in [0.717, 1.165) is 39.1 Å². The predicted molar refractivity (Wildman–Crippen MR) is 188 cm³/mol. The van der Waals surface area contributed by atoms with Crippen molar-refractivity contribution in [3.63, 3.8) is 0 Å². The van der Waals surface area contributed by atoms with Crippen molar-refractivity contribution in [2.24, 2.45) is 0 Å². The third-order valence-electron chi connectivity index (χ3n) is 8.79. The van der Waals surface area contributed by atoms with Gasteiger partial charge in [0.25, 0.3) is 0 Å². The molecule has 7 aromatic carbocycles. The van der Waals surface area contributed by atoms with Gasteiger partial charge in [-0.3, -0.25) is 0 Å². The molecule has 0 radical (unpaired) electrons. The molecule has 2 heterocycles. The van der Waals surface area contributed by atoms with E-state index in [2.05, 4.69) is 150 Å². The highest BCUT2D eigenvalue weighted by molar-refractivity contribution is 6.09. The highest BCUT2D eigenvalue weighted by atomic mass is 15.0. The number of hydrogen-bond acceptors (Lipinski definition) is 2. The molecule has 210 valence electrons. The lowest BCUT2D eigenvalue weighted by atomic mass is 9.99. The Morgan fingerprint density at radius 3 is 1.71 bits per heavy atom. The van der Waals surface area contributed by atoms with Gasteiger partial charge in [0.2, 0.25) is 0 Å². The van der Waals surface area contributed by atoms with Crippen LogP contribution < -0.4 is 0 Å². The second-order valence-corrected chi connectivity index (χ2v) is 11.5. The molecule has 0 N–H and O–H groups in total. The average Bonchev–Trinajstić information content (AvgIpc) is 3.45. The van der Waals surface area contributed by atoms with Crippen LogP contribution in [0.3, 0.4) is 0 Å². The van der Waals surface area contributed by atoms with Gasteiger partial charge >= 0.3 is 0 Å². The fourth-order valence-corrected chi connectivity index (χ4v) is 6.59. The van der Waals surface area contributed by atoms with Crippen molar-refractivity contribution in [2.45, 2.75) is 0 Å². The molecule has 0 unspecified atom stereocenters. The highest BCUT2D eigenvalue weighted by Crippen LogP contribution is 2.34. The lowest BCUT2D eigenvalue weighted by Gasteiger charge is -2.11. The Morgan fingerprint density at radius 1 is 0.378 bits per heavy atom. The van der Waals surface area contributed by atoms with Gasteiger partial charge in [-0.25, -0.2) is 9.97 Å². The van der Waals surface area contributed by atoms with Gasteiger partial charge in [0.1, 0.15) is 0 Å². The minimum absolute atomic E-state index is 0.732. The SMILES string of the molecule is c1ccc(-c2nc(-c3ccc(-c4ccc5cc(-n6c7ccccc7c7ccccc76)ccc5c4)cc3)nc3ccccc23)cc1. The van der Waals surface area contributed by atoms with Crippen LogP contribution in [-0.2, 0) is 0 Å². The van der Waals surface area contributed by atoms with Crippen molar-refractivity contribution >= 4 is 43.5 Å². The minimum atomic E-state index is 0.732. The first-order chi connectivity index (χ1) is 22.3. The summed E-state index contributed by atoms with van der Waals surface area (Å²) < 4.78 is 2.37. The monoisotopic (exact) mass is 573 g/mol. The van der Waals surface area contributed by atoms with Crippen LogP contribution in [0.15, 0.2) is 164 Å². The Labute approximate surface area is 260 Å². The molecule has 45 heavy (non-hydrogen) atoms. The lowest BCUT2D eigenvalue weighted by Crippen LogP contribution is -1.95. The maximum atomic E-state index is 5.04. The topological polar surface area (TPSA) is 30.7 Å². The molecule has 9 aromatic rings. The summed E-state index contributed by atoms with van der Waals surface area (Å²) in [5, 5.41) is 6.04. The third-order valence-corrected chi connectivity index (χ3v) is 8.79. The number of benzene rings is 7. The van der Waals surface area contributed by atoms with Gasteiger partial charge in [0.15, 0.2) is 5.82 Å². The van der Waals surface area contributed by atoms with Crippen LogP contribution in [0.1, 0.15) is 0 Å². The third kappa shape index (κ3) is 4.29. The molecule has 2 aromatic heterocycles. The molecule has 0 saturated carbocycles. The Balaban J connectivity index is 1.08. The molecule has 0 spiro atoms. The van der Waals surface area contributed by atoms with E-state index in [1.54, 1.807) is 0 Å². The molecule has 0 aliphatic rings. The van der Waals surface area contributed by atoms with E-state index in [0.29, 0.717) is 0 Å². The predicted octanol–water partition coefficient (Wildman–Crippen LogP) is 10.9. The van der Waals surface area contributed by atoms with E-state index >= 15 is 0 Å². The van der Waals surface area contributed by atoms with Crippen LogP contribution in [-0.4, -0.2) is 14.5 Å². The van der Waals surface area contributed by atoms with Crippen molar-refractivity contribution in [3.05, 3.63) is 164 Å². The van der Waals surface area contributed by atoms with E-state index in [4.69, 9.17) is 9.97 Å².